The minimum atomic E-state index is 0.479. The maximum absolute atomic E-state index is 9.97. The molecule has 96 valence electrons. The minimum Gasteiger partial charge on any atom is -0.508 e. The summed E-state index contributed by atoms with van der Waals surface area (Å²) in [6, 6.07) is 5.94. The molecule has 1 N–H and O–H groups in total. The molecule has 0 heterocycles. The SMILES string of the molecule is CC(C)CCc1cccc(O)c1CCC(C)C. The number of hydrogen-bond acceptors (Lipinski definition) is 1. The predicted molar refractivity (Wildman–Crippen MR) is 74.4 cm³/mol. The fourth-order valence-electron chi connectivity index (χ4n) is 2.02. The Morgan fingerprint density at radius 1 is 0.941 bits per heavy atom. The van der Waals surface area contributed by atoms with E-state index in [1.54, 1.807) is 0 Å². The van der Waals surface area contributed by atoms with Crippen molar-refractivity contribution in [3.05, 3.63) is 29.3 Å². The van der Waals surface area contributed by atoms with Crippen LogP contribution in [0.2, 0.25) is 0 Å². The Balaban J connectivity index is 2.76. The van der Waals surface area contributed by atoms with Crippen molar-refractivity contribution in [2.24, 2.45) is 11.8 Å². The lowest BCUT2D eigenvalue weighted by atomic mass is 9.93. The zero-order chi connectivity index (χ0) is 12.8. The Kier molecular flexibility index (Phi) is 5.54. The van der Waals surface area contributed by atoms with Crippen LogP contribution in [0.1, 0.15) is 51.7 Å². The number of phenols is 1. The molecule has 0 fully saturated rings. The molecule has 0 spiro atoms. The molecule has 0 amide bonds. The Morgan fingerprint density at radius 2 is 1.53 bits per heavy atom. The van der Waals surface area contributed by atoms with Crippen LogP contribution in [0.15, 0.2) is 18.2 Å². The van der Waals surface area contributed by atoms with Crippen LogP contribution in [-0.2, 0) is 12.8 Å². The van der Waals surface area contributed by atoms with Crippen LogP contribution in [-0.4, -0.2) is 5.11 Å². The molecule has 1 aromatic carbocycles. The molecule has 0 atom stereocenters. The molecular formula is C16H26O. The molecule has 17 heavy (non-hydrogen) atoms. The fraction of sp³-hybridized carbons (Fsp3) is 0.625. The molecule has 1 rings (SSSR count). The summed E-state index contributed by atoms with van der Waals surface area (Å²) in [5.41, 5.74) is 2.50. The summed E-state index contributed by atoms with van der Waals surface area (Å²) in [5, 5.41) is 9.97. The molecule has 1 heteroatoms. The number of hydrogen-bond donors (Lipinski definition) is 1. The van der Waals surface area contributed by atoms with Gasteiger partial charge in [0.1, 0.15) is 5.75 Å². The van der Waals surface area contributed by atoms with E-state index in [4.69, 9.17) is 0 Å². The van der Waals surface area contributed by atoms with Gasteiger partial charge in [-0.05, 0) is 54.7 Å². The number of aryl methyl sites for hydroxylation is 1. The van der Waals surface area contributed by atoms with Crippen molar-refractivity contribution in [3.63, 3.8) is 0 Å². The minimum absolute atomic E-state index is 0.479. The Bertz CT molecular complexity index is 339. The van der Waals surface area contributed by atoms with Crippen molar-refractivity contribution in [2.45, 2.75) is 53.4 Å². The van der Waals surface area contributed by atoms with E-state index >= 15 is 0 Å². The number of benzene rings is 1. The van der Waals surface area contributed by atoms with Gasteiger partial charge in [0.25, 0.3) is 0 Å². The van der Waals surface area contributed by atoms with Gasteiger partial charge >= 0.3 is 0 Å². The average Bonchev–Trinajstić information content (AvgIpc) is 2.24. The molecular weight excluding hydrogens is 208 g/mol. The highest BCUT2D eigenvalue weighted by Gasteiger charge is 2.09. The van der Waals surface area contributed by atoms with Gasteiger partial charge in [-0.25, -0.2) is 0 Å². The monoisotopic (exact) mass is 234 g/mol. The van der Waals surface area contributed by atoms with E-state index in [-0.39, 0.29) is 0 Å². The van der Waals surface area contributed by atoms with Crippen molar-refractivity contribution < 1.29 is 5.11 Å². The normalized spacial score (nSPS) is 11.4. The largest absolute Gasteiger partial charge is 0.508 e. The molecule has 0 bridgehead atoms. The average molecular weight is 234 g/mol. The second-order valence-electron chi connectivity index (χ2n) is 5.78. The van der Waals surface area contributed by atoms with Crippen LogP contribution in [0.4, 0.5) is 0 Å². The van der Waals surface area contributed by atoms with Crippen LogP contribution in [0.25, 0.3) is 0 Å². The van der Waals surface area contributed by atoms with Crippen molar-refractivity contribution in [2.75, 3.05) is 0 Å². The van der Waals surface area contributed by atoms with Crippen molar-refractivity contribution in [1.29, 1.82) is 0 Å². The standard InChI is InChI=1S/C16H26O/c1-12(2)8-10-14-6-5-7-16(17)15(14)11-9-13(3)4/h5-7,12-13,17H,8-11H2,1-4H3. The molecule has 0 aliphatic rings. The first kappa shape index (κ1) is 14.1. The summed E-state index contributed by atoms with van der Waals surface area (Å²) in [4.78, 5) is 0. The van der Waals surface area contributed by atoms with E-state index in [2.05, 4.69) is 33.8 Å². The molecule has 1 nitrogen and oxygen atoms in total. The number of aromatic hydroxyl groups is 1. The molecule has 0 radical (unpaired) electrons. The van der Waals surface area contributed by atoms with E-state index in [9.17, 15) is 5.11 Å². The van der Waals surface area contributed by atoms with Crippen LogP contribution in [0.3, 0.4) is 0 Å². The summed E-state index contributed by atoms with van der Waals surface area (Å²) in [5.74, 6) is 1.88. The molecule has 1 aromatic rings. The van der Waals surface area contributed by atoms with Crippen LogP contribution in [0.5, 0.6) is 5.75 Å². The smallest absolute Gasteiger partial charge is 0.119 e. The fourth-order valence-corrected chi connectivity index (χ4v) is 2.02. The summed E-state index contributed by atoms with van der Waals surface area (Å²) >= 11 is 0. The highest BCUT2D eigenvalue weighted by molar-refractivity contribution is 5.39. The van der Waals surface area contributed by atoms with E-state index in [0.29, 0.717) is 11.7 Å². The van der Waals surface area contributed by atoms with Gasteiger partial charge < -0.3 is 5.11 Å². The first-order valence-corrected chi connectivity index (χ1v) is 6.80. The quantitative estimate of drug-likeness (QED) is 0.764. The van der Waals surface area contributed by atoms with E-state index < -0.39 is 0 Å². The lowest BCUT2D eigenvalue weighted by molar-refractivity contribution is 0.461. The maximum atomic E-state index is 9.97. The van der Waals surface area contributed by atoms with Gasteiger partial charge in [-0.2, -0.15) is 0 Å². The predicted octanol–water partition coefficient (Wildman–Crippen LogP) is 4.57. The molecule has 0 unspecified atom stereocenters. The third kappa shape index (κ3) is 4.80. The highest BCUT2D eigenvalue weighted by atomic mass is 16.3. The molecule has 0 saturated heterocycles. The maximum Gasteiger partial charge on any atom is 0.119 e. The Morgan fingerprint density at radius 3 is 2.12 bits per heavy atom. The van der Waals surface area contributed by atoms with Crippen LogP contribution < -0.4 is 0 Å². The first-order chi connectivity index (χ1) is 8.00. The van der Waals surface area contributed by atoms with Crippen molar-refractivity contribution in [3.8, 4) is 5.75 Å². The van der Waals surface area contributed by atoms with Gasteiger partial charge in [-0.1, -0.05) is 39.8 Å². The molecule has 0 aliphatic carbocycles. The highest BCUT2D eigenvalue weighted by Crippen LogP contribution is 2.25. The van der Waals surface area contributed by atoms with E-state index in [1.807, 2.05) is 12.1 Å². The zero-order valence-electron chi connectivity index (χ0n) is 11.7. The lowest BCUT2D eigenvalue weighted by Gasteiger charge is -2.13. The van der Waals surface area contributed by atoms with Gasteiger partial charge in [0, 0.05) is 0 Å². The summed E-state index contributed by atoms with van der Waals surface area (Å²) < 4.78 is 0. The lowest BCUT2D eigenvalue weighted by Crippen LogP contribution is -2.00. The van der Waals surface area contributed by atoms with Crippen molar-refractivity contribution >= 4 is 0 Å². The second kappa shape index (κ2) is 6.68. The van der Waals surface area contributed by atoms with Gasteiger partial charge in [0.05, 0.1) is 0 Å². The molecule has 0 aromatic heterocycles. The number of phenolic OH excluding ortho intramolecular Hbond substituents is 1. The Hall–Kier alpha value is -0.980. The van der Waals surface area contributed by atoms with Crippen LogP contribution in [0, 0.1) is 11.8 Å². The topological polar surface area (TPSA) is 20.2 Å². The second-order valence-corrected chi connectivity index (χ2v) is 5.78. The van der Waals surface area contributed by atoms with E-state index in [1.165, 1.54) is 17.5 Å². The van der Waals surface area contributed by atoms with Gasteiger partial charge in [0.2, 0.25) is 0 Å². The summed E-state index contributed by atoms with van der Waals surface area (Å²) in [7, 11) is 0. The third-order valence-corrected chi connectivity index (χ3v) is 3.21. The first-order valence-electron chi connectivity index (χ1n) is 6.80. The van der Waals surface area contributed by atoms with Gasteiger partial charge in [-0.3, -0.25) is 0 Å². The summed E-state index contributed by atoms with van der Waals surface area (Å²) in [6.07, 6.45) is 4.42. The van der Waals surface area contributed by atoms with Crippen molar-refractivity contribution in [1.82, 2.24) is 0 Å². The number of rotatable bonds is 6. The molecule has 0 aliphatic heterocycles. The van der Waals surface area contributed by atoms with E-state index in [0.717, 1.165) is 25.2 Å². The summed E-state index contributed by atoms with van der Waals surface area (Å²) in [6.45, 7) is 8.95. The van der Waals surface area contributed by atoms with Gasteiger partial charge in [0.15, 0.2) is 0 Å². The zero-order valence-corrected chi connectivity index (χ0v) is 11.7. The van der Waals surface area contributed by atoms with Crippen LogP contribution >= 0.6 is 0 Å². The van der Waals surface area contributed by atoms with Gasteiger partial charge in [-0.15, -0.1) is 0 Å². The molecule has 0 saturated carbocycles. The third-order valence-electron chi connectivity index (χ3n) is 3.21. The Labute approximate surface area is 106 Å².